The molecule has 0 aliphatic carbocycles. The highest BCUT2D eigenvalue weighted by Crippen LogP contribution is 2.25. The van der Waals surface area contributed by atoms with Gasteiger partial charge in [-0.05, 0) is 58.4 Å². The van der Waals surface area contributed by atoms with Gasteiger partial charge in [0.05, 0.1) is 23.9 Å². The number of hydrogen-bond donors (Lipinski definition) is 1. The molecule has 2 heterocycles. The van der Waals surface area contributed by atoms with Crippen LogP contribution in [0.1, 0.15) is 42.0 Å². The number of carbonyl (C=O) groups is 1. The summed E-state index contributed by atoms with van der Waals surface area (Å²) in [5.41, 5.74) is 2.05. The van der Waals surface area contributed by atoms with Crippen LogP contribution in [0, 0.1) is 19.7 Å². The Kier molecular flexibility index (Phi) is 4.17. The van der Waals surface area contributed by atoms with Crippen LogP contribution in [0.2, 0.25) is 0 Å². The molecule has 5 nitrogen and oxygen atoms in total. The Morgan fingerprint density at radius 1 is 1.38 bits per heavy atom. The first-order valence-corrected chi connectivity index (χ1v) is 8.03. The largest absolute Gasteiger partial charge is 0.373 e. The van der Waals surface area contributed by atoms with Gasteiger partial charge in [0.25, 0.3) is 5.91 Å². The van der Waals surface area contributed by atoms with E-state index in [1.807, 2.05) is 33.8 Å². The number of nitrogens with zero attached hydrogens (tertiary/aromatic N) is 2. The van der Waals surface area contributed by atoms with Gasteiger partial charge in [-0.15, -0.1) is 0 Å². The van der Waals surface area contributed by atoms with Crippen LogP contribution in [0.25, 0.3) is 5.69 Å². The van der Waals surface area contributed by atoms with Gasteiger partial charge in [0, 0.05) is 11.3 Å². The molecule has 128 valence electrons. The lowest BCUT2D eigenvalue weighted by Gasteiger charge is -2.16. The molecule has 0 saturated carbocycles. The molecule has 2 aromatic rings. The lowest BCUT2D eigenvalue weighted by Crippen LogP contribution is -2.35. The van der Waals surface area contributed by atoms with Gasteiger partial charge in [0.2, 0.25) is 0 Å². The number of halogens is 1. The van der Waals surface area contributed by atoms with Crippen molar-refractivity contribution in [3.63, 3.8) is 0 Å². The van der Waals surface area contributed by atoms with E-state index in [4.69, 9.17) is 4.74 Å². The predicted molar refractivity (Wildman–Crippen MR) is 88.9 cm³/mol. The molecule has 24 heavy (non-hydrogen) atoms. The minimum absolute atomic E-state index is 0.0498. The summed E-state index contributed by atoms with van der Waals surface area (Å²) in [6, 6.07) is 6.28. The smallest absolute Gasteiger partial charge is 0.251 e. The minimum atomic E-state index is -0.475. The average Bonchev–Trinajstić information content (AvgIpc) is 3.00. The van der Waals surface area contributed by atoms with Gasteiger partial charge in [-0.1, -0.05) is 0 Å². The number of ether oxygens (including phenoxy) is 1. The Balaban J connectivity index is 1.77. The van der Waals surface area contributed by atoms with Crippen molar-refractivity contribution < 1.29 is 13.9 Å². The molecule has 0 spiro atoms. The Morgan fingerprint density at radius 3 is 2.67 bits per heavy atom. The molecule has 1 aromatic carbocycles. The summed E-state index contributed by atoms with van der Waals surface area (Å²) in [5, 5.41) is 7.17. The third-order valence-corrected chi connectivity index (χ3v) is 4.20. The van der Waals surface area contributed by atoms with Crippen molar-refractivity contribution in [3.8, 4) is 5.69 Å². The molecule has 0 bridgehead atoms. The van der Waals surface area contributed by atoms with E-state index >= 15 is 0 Å². The van der Waals surface area contributed by atoms with Crippen LogP contribution in [-0.4, -0.2) is 33.9 Å². The van der Waals surface area contributed by atoms with Crippen molar-refractivity contribution in [2.75, 3.05) is 6.61 Å². The number of benzene rings is 1. The highest BCUT2D eigenvalue weighted by molar-refractivity contribution is 5.94. The van der Waals surface area contributed by atoms with Gasteiger partial charge < -0.3 is 10.1 Å². The van der Waals surface area contributed by atoms with Gasteiger partial charge in [-0.2, -0.15) is 5.10 Å². The molecule has 1 aromatic heterocycles. The van der Waals surface area contributed by atoms with E-state index in [-0.39, 0.29) is 17.6 Å². The van der Waals surface area contributed by atoms with Crippen LogP contribution in [0.5, 0.6) is 0 Å². The number of rotatable bonds is 3. The van der Waals surface area contributed by atoms with Crippen molar-refractivity contribution in [1.82, 2.24) is 15.1 Å². The van der Waals surface area contributed by atoms with Gasteiger partial charge in [0.15, 0.2) is 0 Å². The zero-order chi connectivity index (χ0) is 17.5. The van der Waals surface area contributed by atoms with Crippen LogP contribution in [0.3, 0.4) is 0 Å². The molecule has 0 radical (unpaired) electrons. The Hall–Kier alpha value is -2.21. The molecular formula is C18H22FN3O2. The van der Waals surface area contributed by atoms with E-state index in [0.29, 0.717) is 17.9 Å². The van der Waals surface area contributed by atoms with Crippen molar-refractivity contribution in [1.29, 1.82) is 0 Å². The molecule has 1 fully saturated rings. The minimum Gasteiger partial charge on any atom is -0.373 e. The summed E-state index contributed by atoms with van der Waals surface area (Å²) in [4.78, 5) is 12.3. The van der Waals surface area contributed by atoms with E-state index in [1.54, 1.807) is 16.8 Å². The average molecular weight is 331 g/mol. The topological polar surface area (TPSA) is 56.2 Å². The number of carbonyl (C=O) groups excluding carboxylic acids is 1. The maximum atomic E-state index is 14.5. The molecule has 1 aliphatic heterocycles. The molecule has 6 heteroatoms. The van der Waals surface area contributed by atoms with Crippen LogP contribution in [0.4, 0.5) is 4.39 Å². The van der Waals surface area contributed by atoms with Crippen molar-refractivity contribution in [3.05, 3.63) is 47.0 Å². The first-order valence-electron chi connectivity index (χ1n) is 8.03. The van der Waals surface area contributed by atoms with Crippen molar-refractivity contribution >= 4 is 5.91 Å². The quantitative estimate of drug-likeness (QED) is 0.941. The molecule has 3 rings (SSSR count). The first kappa shape index (κ1) is 16.6. The standard InChI is InChI=1S/C18H22FN3O2/c1-11-7-12(2)22(21-11)16-6-5-13(8-15(16)19)17(23)20-14-9-18(3,4)24-10-14/h5-8,14H,9-10H2,1-4H3,(H,20,23). The molecule has 1 unspecified atom stereocenters. The second-order valence-corrected chi connectivity index (χ2v) is 6.95. The van der Waals surface area contributed by atoms with E-state index in [0.717, 1.165) is 17.8 Å². The molecule has 1 aliphatic rings. The molecule has 1 atom stereocenters. The van der Waals surface area contributed by atoms with E-state index in [9.17, 15) is 9.18 Å². The SMILES string of the molecule is Cc1cc(C)n(-c2ccc(C(=O)NC3COC(C)(C)C3)cc2F)n1. The molecular weight excluding hydrogens is 309 g/mol. The summed E-state index contributed by atoms with van der Waals surface area (Å²) in [6.07, 6.45) is 0.741. The highest BCUT2D eigenvalue weighted by atomic mass is 19.1. The van der Waals surface area contributed by atoms with Gasteiger partial charge in [0.1, 0.15) is 11.5 Å². The number of nitrogens with one attached hydrogen (secondary N) is 1. The van der Waals surface area contributed by atoms with Crippen molar-refractivity contribution in [2.45, 2.75) is 45.8 Å². The maximum absolute atomic E-state index is 14.5. The number of hydrogen-bond acceptors (Lipinski definition) is 3. The Bertz CT molecular complexity index is 783. The summed E-state index contributed by atoms with van der Waals surface area (Å²) >= 11 is 0. The normalized spacial score (nSPS) is 19.5. The van der Waals surface area contributed by atoms with Crippen LogP contribution in [-0.2, 0) is 4.74 Å². The van der Waals surface area contributed by atoms with Gasteiger partial charge in [-0.25, -0.2) is 9.07 Å². The van der Waals surface area contributed by atoms with Gasteiger partial charge in [-0.3, -0.25) is 4.79 Å². The van der Waals surface area contributed by atoms with E-state index in [1.165, 1.54) is 6.07 Å². The third kappa shape index (κ3) is 3.33. The third-order valence-electron chi connectivity index (χ3n) is 4.20. The zero-order valence-electron chi connectivity index (χ0n) is 14.4. The predicted octanol–water partition coefficient (Wildman–Crippen LogP) is 2.93. The molecule has 1 N–H and O–H groups in total. The summed E-state index contributed by atoms with van der Waals surface area (Å²) in [7, 11) is 0. The number of amides is 1. The number of aryl methyl sites for hydroxylation is 2. The van der Waals surface area contributed by atoms with Crippen LogP contribution < -0.4 is 5.32 Å². The first-order chi connectivity index (χ1) is 11.2. The fraction of sp³-hybridized carbons (Fsp3) is 0.444. The summed E-state index contributed by atoms with van der Waals surface area (Å²) < 4.78 is 21.6. The van der Waals surface area contributed by atoms with Crippen LogP contribution >= 0.6 is 0 Å². The second-order valence-electron chi connectivity index (χ2n) is 6.95. The van der Waals surface area contributed by atoms with Gasteiger partial charge >= 0.3 is 0 Å². The lowest BCUT2D eigenvalue weighted by atomic mass is 10.0. The monoisotopic (exact) mass is 331 g/mol. The second kappa shape index (κ2) is 6.02. The fourth-order valence-electron chi connectivity index (χ4n) is 3.09. The summed E-state index contributed by atoms with van der Waals surface area (Å²) in [6.45, 7) is 8.17. The number of aromatic nitrogens is 2. The van der Waals surface area contributed by atoms with E-state index < -0.39 is 5.82 Å². The Labute approximate surface area is 140 Å². The summed E-state index contributed by atoms with van der Waals surface area (Å²) in [5.74, 6) is -0.767. The molecule has 1 saturated heterocycles. The van der Waals surface area contributed by atoms with Crippen LogP contribution in [0.15, 0.2) is 24.3 Å². The highest BCUT2D eigenvalue weighted by Gasteiger charge is 2.32. The zero-order valence-corrected chi connectivity index (χ0v) is 14.4. The Morgan fingerprint density at radius 2 is 2.12 bits per heavy atom. The lowest BCUT2D eigenvalue weighted by molar-refractivity contribution is 0.0355. The fourth-order valence-corrected chi connectivity index (χ4v) is 3.09. The molecule has 1 amide bonds. The maximum Gasteiger partial charge on any atom is 0.251 e. The van der Waals surface area contributed by atoms with E-state index in [2.05, 4.69) is 10.4 Å². The van der Waals surface area contributed by atoms with Crippen molar-refractivity contribution in [2.24, 2.45) is 0 Å².